The van der Waals surface area contributed by atoms with Crippen LogP contribution in [-0.2, 0) is 9.59 Å². The molecule has 0 aliphatic carbocycles. The number of nitrogens with one attached hydrogen (secondary N) is 1. The molecule has 0 aromatic rings. The highest BCUT2D eigenvalue weighted by Crippen LogP contribution is 2.27. The highest BCUT2D eigenvalue weighted by atomic mass is 16.4. The van der Waals surface area contributed by atoms with Crippen LogP contribution >= 0.6 is 0 Å². The Hall–Kier alpha value is -1.10. The van der Waals surface area contributed by atoms with Gasteiger partial charge in [-0.05, 0) is 50.6 Å². The summed E-state index contributed by atoms with van der Waals surface area (Å²) in [5.74, 6) is -0.00925. The van der Waals surface area contributed by atoms with E-state index in [9.17, 15) is 14.7 Å². The van der Waals surface area contributed by atoms with E-state index in [1.54, 1.807) is 4.90 Å². The molecule has 2 rings (SSSR count). The fourth-order valence-corrected chi connectivity index (χ4v) is 3.40. The number of carbonyl (C=O) groups is 2. The van der Waals surface area contributed by atoms with Crippen LogP contribution in [0.15, 0.2) is 0 Å². The largest absolute Gasteiger partial charge is 0.480 e. The van der Waals surface area contributed by atoms with E-state index >= 15 is 0 Å². The van der Waals surface area contributed by atoms with E-state index in [4.69, 9.17) is 0 Å². The van der Waals surface area contributed by atoms with Gasteiger partial charge in [0.25, 0.3) is 0 Å². The lowest BCUT2D eigenvalue weighted by molar-refractivity contribution is -0.153. The summed E-state index contributed by atoms with van der Waals surface area (Å²) in [7, 11) is 0. The SMILES string of the molecule is CCC1CCN(C(=O)CC2CCCNC2)C(C(=O)O)C1. The third-order valence-electron chi connectivity index (χ3n) is 4.76. The van der Waals surface area contributed by atoms with Crippen LogP contribution < -0.4 is 5.32 Å². The molecule has 2 aliphatic heterocycles. The Morgan fingerprint density at radius 3 is 2.70 bits per heavy atom. The normalized spacial score (nSPS) is 31.1. The summed E-state index contributed by atoms with van der Waals surface area (Å²) >= 11 is 0. The third kappa shape index (κ3) is 3.72. The van der Waals surface area contributed by atoms with Gasteiger partial charge >= 0.3 is 5.97 Å². The molecule has 20 heavy (non-hydrogen) atoms. The number of hydrogen-bond acceptors (Lipinski definition) is 3. The molecule has 1 amide bonds. The first-order valence-corrected chi connectivity index (χ1v) is 7.84. The summed E-state index contributed by atoms with van der Waals surface area (Å²) in [5.41, 5.74) is 0. The van der Waals surface area contributed by atoms with E-state index < -0.39 is 12.0 Å². The number of piperidine rings is 2. The van der Waals surface area contributed by atoms with Crippen molar-refractivity contribution in [3.05, 3.63) is 0 Å². The van der Waals surface area contributed by atoms with Crippen molar-refractivity contribution in [1.82, 2.24) is 10.2 Å². The number of carbonyl (C=O) groups excluding carboxylic acids is 1. The lowest BCUT2D eigenvalue weighted by Gasteiger charge is -2.38. The standard InChI is InChI=1S/C15H26N2O3/c1-2-11-5-7-17(13(8-11)15(19)20)14(18)9-12-4-3-6-16-10-12/h11-13,16H,2-10H2,1H3,(H,19,20). The third-order valence-corrected chi connectivity index (χ3v) is 4.76. The molecule has 0 aromatic heterocycles. The van der Waals surface area contributed by atoms with E-state index in [2.05, 4.69) is 12.2 Å². The second kappa shape index (κ2) is 7.07. The number of hydrogen-bond donors (Lipinski definition) is 2. The van der Waals surface area contributed by atoms with Crippen LogP contribution in [-0.4, -0.2) is 47.6 Å². The predicted octanol–water partition coefficient (Wildman–Crippen LogP) is 1.48. The van der Waals surface area contributed by atoms with Crippen LogP contribution in [0.1, 0.15) is 45.4 Å². The summed E-state index contributed by atoms with van der Waals surface area (Å²) in [5, 5.41) is 12.7. The van der Waals surface area contributed by atoms with Crippen LogP contribution in [0.3, 0.4) is 0 Å². The molecule has 2 aliphatic rings. The summed E-state index contributed by atoms with van der Waals surface area (Å²) in [4.78, 5) is 25.4. The molecule has 0 bridgehead atoms. The molecular weight excluding hydrogens is 256 g/mol. The van der Waals surface area contributed by atoms with E-state index in [-0.39, 0.29) is 5.91 Å². The second-order valence-electron chi connectivity index (χ2n) is 6.16. The maximum atomic E-state index is 12.4. The van der Waals surface area contributed by atoms with Crippen molar-refractivity contribution in [1.29, 1.82) is 0 Å². The zero-order valence-electron chi connectivity index (χ0n) is 12.3. The Labute approximate surface area is 120 Å². The van der Waals surface area contributed by atoms with E-state index in [0.29, 0.717) is 31.2 Å². The number of rotatable bonds is 4. The van der Waals surface area contributed by atoms with Gasteiger partial charge in [-0.3, -0.25) is 4.79 Å². The van der Waals surface area contributed by atoms with Gasteiger partial charge in [0.1, 0.15) is 6.04 Å². The molecule has 5 heteroatoms. The second-order valence-corrected chi connectivity index (χ2v) is 6.16. The summed E-state index contributed by atoms with van der Waals surface area (Å²) in [6.07, 6.45) is 5.22. The van der Waals surface area contributed by atoms with Crippen molar-refractivity contribution in [2.45, 2.75) is 51.5 Å². The zero-order chi connectivity index (χ0) is 14.5. The zero-order valence-corrected chi connectivity index (χ0v) is 12.3. The Bertz CT molecular complexity index is 353. The maximum Gasteiger partial charge on any atom is 0.326 e. The Kier molecular flexibility index (Phi) is 5.40. The number of nitrogens with zero attached hydrogens (tertiary/aromatic N) is 1. The molecule has 3 atom stereocenters. The van der Waals surface area contributed by atoms with Gasteiger partial charge in [-0.15, -0.1) is 0 Å². The Balaban J connectivity index is 1.94. The first-order valence-electron chi connectivity index (χ1n) is 7.84. The van der Waals surface area contributed by atoms with Crippen LogP contribution in [0.25, 0.3) is 0 Å². The molecule has 0 saturated carbocycles. The van der Waals surface area contributed by atoms with E-state index in [1.807, 2.05) is 0 Å². The van der Waals surface area contributed by atoms with Crippen molar-refractivity contribution < 1.29 is 14.7 Å². The van der Waals surface area contributed by atoms with Crippen LogP contribution in [0.5, 0.6) is 0 Å². The minimum absolute atomic E-state index is 0.0284. The summed E-state index contributed by atoms with van der Waals surface area (Å²) in [6.45, 7) is 4.61. The minimum Gasteiger partial charge on any atom is -0.480 e. The van der Waals surface area contributed by atoms with Crippen molar-refractivity contribution in [3.63, 3.8) is 0 Å². The molecule has 0 spiro atoms. The molecule has 2 saturated heterocycles. The van der Waals surface area contributed by atoms with Gasteiger partial charge in [-0.1, -0.05) is 13.3 Å². The van der Waals surface area contributed by atoms with Crippen molar-refractivity contribution in [3.8, 4) is 0 Å². The fourth-order valence-electron chi connectivity index (χ4n) is 3.40. The van der Waals surface area contributed by atoms with Gasteiger partial charge in [0.15, 0.2) is 0 Å². The van der Waals surface area contributed by atoms with Crippen LogP contribution in [0.2, 0.25) is 0 Å². The van der Waals surface area contributed by atoms with Crippen molar-refractivity contribution in [2.75, 3.05) is 19.6 Å². The number of carboxylic acids is 1. The smallest absolute Gasteiger partial charge is 0.326 e. The molecule has 0 aromatic carbocycles. The van der Waals surface area contributed by atoms with Crippen molar-refractivity contribution in [2.24, 2.45) is 11.8 Å². The molecule has 2 heterocycles. The molecule has 2 N–H and O–H groups in total. The highest BCUT2D eigenvalue weighted by molar-refractivity contribution is 5.84. The molecule has 0 radical (unpaired) electrons. The number of carboxylic acid groups (broad SMARTS) is 1. The summed E-state index contributed by atoms with van der Waals surface area (Å²) in [6, 6.07) is -0.613. The summed E-state index contributed by atoms with van der Waals surface area (Å²) < 4.78 is 0. The van der Waals surface area contributed by atoms with Gasteiger partial charge in [0.05, 0.1) is 0 Å². The monoisotopic (exact) mass is 282 g/mol. The van der Waals surface area contributed by atoms with Gasteiger partial charge < -0.3 is 15.3 Å². The highest BCUT2D eigenvalue weighted by Gasteiger charge is 2.36. The molecule has 3 unspecified atom stereocenters. The number of likely N-dealkylation sites (tertiary alicyclic amines) is 1. The Morgan fingerprint density at radius 2 is 2.10 bits per heavy atom. The predicted molar refractivity (Wildman–Crippen MR) is 76.4 cm³/mol. The van der Waals surface area contributed by atoms with Gasteiger partial charge in [0.2, 0.25) is 5.91 Å². The molecule has 2 fully saturated rings. The molecule has 114 valence electrons. The number of aliphatic carboxylic acids is 1. The minimum atomic E-state index is -0.849. The van der Waals surface area contributed by atoms with Gasteiger partial charge in [-0.2, -0.15) is 0 Å². The first-order chi connectivity index (χ1) is 9.61. The molecule has 5 nitrogen and oxygen atoms in total. The average Bonchev–Trinajstić information content (AvgIpc) is 2.47. The molecular formula is C15H26N2O3. The Morgan fingerprint density at radius 1 is 1.30 bits per heavy atom. The van der Waals surface area contributed by atoms with Gasteiger partial charge in [0, 0.05) is 13.0 Å². The lowest BCUT2D eigenvalue weighted by Crippen LogP contribution is -2.50. The van der Waals surface area contributed by atoms with E-state index in [0.717, 1.165) is 38.8 Å². The average molecular weight is 282 g/mol. The van der Waals surface area contributed by atoms with Crippen LogP contribution in [0, 0.1) is 11.8 Å². The fraction of sp³-hybridized carbons (Fsp3) is 0.867. The lowest BCUT2D eigenvalue weighted by atomic mass is 9.88. The van der Waals surface area contributed by atoms with Gasteiger partial charge in [-0.25, -0.2) is 4.79 Å². The topological polar surface area (TPSA) is 69.6 Å². The maximum absolute atomic E-state index is 12.4. The first kappa shape index (κ1) is 15.3. The van der Waals surface area contributed by atoms with Crippen LogP contribution in [0.4, 0.5) is 0 Å². The van der Waals surface area contributed by atoms with E-state index in [1.165, 1.54) is 0 Å². The number of amides is 1. The van der Waals surface area contributed by atoms with Crippen molar-refractivity contribution >= 4 is 11.9 Å². The quantitative estimate of drug-likeness (QED) is 0.819.